The van der Waals surface area contributed by atoms with Crippen LogP contribution in [0.4, 0.5) is 0 Å². The first kappa shape index (κ1) is 15.2. The van der Waals surface area contributed by atoms with Crippen LogP contribution >= 0.6 is 34.5 Å². The first-order valence-electron chi connectivity index (χ1n) is 7.78. The molecule has 0 saturated carbocycles. The van der Waals surface area contributed by atoms with Gasteiger partial charge in [0.2, 0.25) is 0 Å². The van der Waals surface area contributed by atoms with E-state index in [0.29, 0.717) is 15.4 Å². The largest absolute Gasteiger partial charge is 0.289 e. The fraction of sp³-hybridized carbons (Fsp3) is 0. The molecule has 120 valence electrons. The zero-order chi connectivity index (χ0) is 17.1. The maximum Gasteiger partial charge on any atom is 0.195 e. The normalized spacial score (nSPS) is 11.8. The molecule has 5 rings (SSSR count). The molecule has 0 fully saturated rings. The van der Waals surface area contributed by atoms with E-state index in [1.165, 1.54) is 0 Å². The third-order valence-electron chi connectivity index (χ3n) is 4.51. The van der Waals surface area contributed by atoms with E-state index in [4.69, 9.17) is 23.2 Å². The van der Waals surface area contributed by atoms with Crippen LogP contribution in [0.3, 0.4) is 0 Å². The predicted molar refractivity (Wildman–Crippen MR) is 111 cm³/mol. The summed E-state index contributed by atoms with van der Waals surface area (Å²) in [5.74, 6) is 0. The fourth-order valence-electron chi connectivity index (χ4n) is 3.29. The SMILES string of the molecule is O=c1c2cc(Cl)ccc2sc2cc3cc4ccc(Cl)cc4cc3cc12. The number of benzene rings is 4. The molecular formula is C21H10Cl2OS. The Kier molecular flexibility index (Phi) is 3.29. The monoisotopic (exact) mass is 380 g/mol. The minimum Gasteiger partial charge on any atom is -0.289 e. The predicted octanol–water partition coefficient (Wildman–Crippen LogP) is 7.03. The molecule has 25 heavy (non-hydrogen) atoms. The Balaban J connectivity index is 1.94. The van der Waals surface area contributed by atoms with Crippen molar-refractivity contribution in [2.24, 2.45) is 0 Å². The van der Waals surface area contributed by atoms with Gasteiger partial charge in [-0.25, -0.2) is 0 Å². The maximum atomic E-state index is 12.9. The summed E-state index contributed by atoms with van der Waals surface area (Å²) in [6.45, 7) is 0. The molecule has 0 atom stereocenters. The Bertz CT molecular complexity index is 1390. The van der Waals surface area contributed by atoms with Crippen molar-refractivity contribution in [1.82, 2.24) is 0 Å². The number of halogens is 2. The molecule has 0 spiro atoms. The zero-order valence-electron chi connectivity index (χ0n) is 12.8. The summed E-state index contributed by atoms with van der Waals surface area (Å²) in [5.41, 5.74) is 0.0272. The number of hydrogen-bond acceptors (Lipinski definition) is 2. The second-order valence-corrected chi connectivity index (χ2v) is 8.07. The van der Waals surface area contributed by atoms with Gasteiger partial charge in [-0.3, -0.25) is 4.79 Å². The van der Waals surface area contributed by atoms with Crippen LogP contribution in [-0.4, -0.2) is 0 Å². The lowest BCUT2D eigenvalue weighted by molar-refractivity contribution is 1.76. The van der Waals surface area contributed by atoms with Gasteiger partial charge in [-0.05, 0) is 76.1 Å². The van der Waals surface area contributed by atoms with Gasteiger partial charge < -0.3 is 0 Å². The third kappa shape index (κ3) is 2.41. The average molecular weight is 381 g/mol. The molecule has 0 amide bonds. The Morgan fingerprint density at radius 3 is 2.12 bits per heavy atom. The van der Waals surface area contributed by atoms with Gasteiger partial charge in [0.25, 0.3) is 0 Å². The van der Waals surface area contributed by atoms with E-state index in [2.05, 4.69) is 18.2 Å². The van der Waals surface area contributed by atoms with E-state index in [1.54, 1.807) is 17.4 Å². The molecule has 1 nitrogen and oxygen atoms in total. The van der Waals surface area contributed by atoms with Crippen LogP contribution in [0.15, 0.2) is 65.5 Å². The molecule has 0 saturated heterocycles. The smallest absolute Gasteiger partial charge is 0.195 e. The van der Waals surface area contributed by atoms with Gasteiger partial charge in [-0.2, -0.15) is 0 Å². The van der Waals surface area contributed by atoms with Crippen molar-refractivity contribution >= 4 is 76.3 Å². The van der Waals surface area contributed by atoms with Gasteiger partial charge >= 0.3 is 0 Å². The van der Waals surface area contributed by atoms with E-state index in [9.17, 15) is 4.79 Å². The van der Waals surface area contributed by atoms with Crippen LogP contribution in [0, 0.1) is 0 Å². The van der Waals surface area contributed by atoms with Gasteiger partial charge in [0, 0.05) is 30.2 Å². The summed E-state index contributed by atoms with van der Waals surface area (Å²) in [4.78, 5) is 12.9. The van der Waals surface area contributed by atoms with E-state index in [1.807, 2.05) is 36.4 Å². The zero-order valence-corrected chi connectivity index (χ0v) is 15.2. The highest BCUT2D eigenvalue weighted by Gasteiger charge is 2.09. The van der Waals surface area contributed by atoms with Crippen molar-refractivity contribution in [3.05, 3.63) is 80.9 Å². The molecule has 5 aromatic rings. The summed E-state index contributed by atoms with van der Waals surface area (Å²) in [6.07, 6.45) is 0. The van der Waals surface area contributed by atoms with Crippen molar-refractivity contribution in [3.63, 3.8) is 0 Å². The van der Waals surface area contributed by atoms with Gasteiger partial charge in [-0.15, -0.1) is 11.3 Å². The average Bonchev–Trinajstić information content (AvgIpc) is 2.60. The minimum absolute atomic E-state index is 0.0272. The third-order valence-corrected chi connectivity index (χ3v) is 6.11. The quantitative estimate of drug-likeness (QED) is 0.263. The molecule has 0 radical (unpaired) electrons. The van der Waals surface area contributed by atoms with Crippen molar-refractivity contribution in [2.75, 3.05) is 0 Å². The number of rotatable bonds is 0. The van der Waals surface area contributed by atoms with Crippen LogP contribution in [0.1, 0.15) is 0 Å². The molecule has 0 N–H and O–H groups in total. The molecule has 0 aliphatic carbocycles. The fourth-order valence-corrected chi connectivity index (χ4v) is 4.73. The molecule has 0 aliphatic heterocycles. The van der Waals surface area contributed by atoms with Crippen molar-refractivity contribution < 1.29 is 0 Å². The van der Waals surface area contributed by atoms with Crippen molar-refractivity contribution in [3.8, 4) is 0 Å². The highest BCUT2D eigenvalue weighted by atomic mass is 35.5. The molecule has 1 heterocycles. The van der Waals surface area contributed by atoms with Crippen LogP contribution in [0.5, 0.6) is 0 Å². The van der Waals surface area contributed by atoms with Gasteiger partial charge in [0.05, 0.1) is 0 Å². The van der Waals surface area contributed by atoms with E-state index in [-0.39, 0.29) is 5.43 Å². The Morgan fingerprint density at radius 1 is 0.600 bits per heavy atom. The Hall–Kier alpha value is -2.13. The number of fused-ring (bicyclic) bond motifs is 4. The summed E-state index contributed by atoms with van der Waals surface area (Å²) < 4.78 is 1.94. The van der Waals surface area contributed by atoms with E-state index < -0.39 is 0 Å². The molecular weight excluding hydrogens is 371 g/mol. The summed E-state index contributed by atoms with van der Waals surface area (Å²) in [6, 6.07) is 19.6. The maximum absolute atomic E-state index is 12.9. The van der Waals surface area contributed by atoms with E-state index >= 15 is 0 Å². The van der Waals surface area contributed by atoms with Gasteiger partial charge in [0.15, 0.2) is 5.43 Å². The molecule has 0 aliphatic rings. The van der Waals surface area contributed by atoms with E-state index in [0.717, 1.165) is 36.3 Å². The minimum atomic E-state index is 0.0272. The van der Waals surface area contributed by atoms with Crippen molar-refractivity contribution in [2.45, 2.75) is 0 Å². The summed E-state index contributed by atoms with van der Waals surface area (Å²) in [7, 11) is 0. The van der Waals surface area contributed by atoms with Crippen LogP contribution < -0.4 is 5.43 Å². The summed E-state index contributed by atoms with van der Waals surface area (Å²) in [5, 5.41) is 7.05. The lowest BCUT2D eigenvalue weighted by Crippen LogP contribution is -2.00. The molecule has 0 unspecified atom stereocenters. The van der Waals surface area contributed by atoms with Crippen LogP contribution in [-0.2, 0) is 0 Å². The Morgan fingerprint density at radius 2 is 1.24 bits per heavy atom. The van der Waals surface area contributed by atoms with Crippen LogP contribution in [0.25, 0.3) is 41.7 Å². The standard InChI is InChI=1S/C21H10Cl2OS/c22-15-2-1-11-5-14-9-20-17(8-13(14)6-12(11)7-15)21(24)18-10-16(23)3-4-19(18)25-20/h1-10H. The molecule has 4 aromatic carbocycles. The topological polar surface area (TPSA) is 17.1 Å². The lowest BCUT2D eigenvalue weighted by atomic mass is 10.0. The van der Waals surface area contributed by atoms with Gasteiger partial charge in [0.1, 0.15) is 0 Å². The first-order valence-corrected chi connectivity index (χ1v) is 9.35. The summed E-state index contributed by atoms with van der Waals surface area (Å²) >= 11 is 13.8. The first-order chi connectivity index (χ1) is 12.1. The Labute approximate surface area is 157 Å². The highest BCUT2D eigenvalue weighted by molar-refractivity contribution is 7.24. The molecule has 1 aromatic heterocycles. The lowest BCUT2D eigenvalue weighted by Gasteiger charge is -2.06. The highest BCUT2D eigenvalue weighted by Crippen LogP contribution is 2.32. The van der Waals surface area contributed by atoms with Crippen molar-refractivity contribution in [1.29, 1.82) is 0 Å². The molecule has 4 heteroatoms. The second kappa shape index (κ2) is 5.43. The number of hydrogen-bond donors (Lipinski definition) is 0. The van der Waals surface area contributed by atoms with Gasteiger partial charge in [-0.1, -0.05) is 29.3 Å². The van der Waals surface area contributed by atoms with Crippen LogP contribution in [0.2, 0.25) is 10.0 Å². The second-order valence-electron chi connectivity index (χ2n) is 6.11. The molecule has 0 bridgehead atoms.